The van der Waals surface area contributed by atoms with Gasteiger partial charge in [-0.3, -0.25) is 0 Å². The number of hydrogen-bond donors (Lipinski definition) is 1. The second-order valence-corrected chi connectivity index (χ2v) is 8.52. The minimum Gasteiger partial charge on any atom is -0.465 e. The van der Waals surface area contributed by atoms with Crippen LogP contribution in [0.3, 0.4) is 0 Å². The minimum absolute atomic E-state index is 0.000246. The molecule has 1 aliphatic heterocycles. The van der Waals surface area contributed by atoms with E-state index in [1.54, 1.807) is 4.90 Å². The zero-order valence-electron chi connectivity index (χ0n) is 18.6. The highest BCUT2D eigenvalue weighted by Crippen LogP contribution is 2.23. The van der Waals surface area contributed by atoms with Crippen molar-refractivity contribution in [3.05, 3.63) is 47.5 Å². The number of methoxy groups -OCH3 is 1. The van der Waals surface area contributed by atoms with Crippen molar-refractivity contribution in [1.29, 1.82) is 0 Å². The van der Waals surface area contributed by atoms with Crippen LogP contribution in [0.2, 0.25) is 0 Å². The number of nitrogens with two attached hydrogens (primary N) is 1. The average molecular weight is 433 g/mol. The Morgan fingerprint density at radius 3 is 2.29 bits per heavy atom. The number of carbonyl (C=O) groups is 3. The van der Waals surface area contributed by atoms with Gasteiger partial charge in [0, 0.05) is 19.1 Å². The van der Waals surface area contributed by atoms with Crippen molar-refractivity contribution in [3.8, 4) is 0 Å². The lowest BCUT2D eigenvalue weighted by Gasteiger charge is -2.35. The van der Waals surface area contributed by atoms with Crippen molar-refractivity contribution in [2.24, 2.45) is 11.7 Å². The predicted molar refractivity (Wildman–Crippen MR) is 115 cm³/mol. The fourth-order valence-electron chi connectivity index (χ4n) is 3.25. The van der Waals surface area contributed by atoms with Crippen LogP contribution in [0.4, 0.5) is 4.79 Å². The standard InChI is InChI=1S/C23H32N2O6/c1-23(2,3)31-22(28)25-12-10-17(11-13-25)19(24)14-18(20(26)29-4)21(27)30-15-16-8-6-5-7-9-16/h5-9,14,17,19H,10-13,15,24H2,1-4H3. The topological polar surface area (TPSA) is 108 Å². The van der Waals surface area contributed by atoms with Crippen LogP contribution in [-0.2, 0) is 30.4 Å². The molecule has 1 heterocycles. The molecule has 1 amide bonds. The first-order valence-electron chi connectivity index (χ1n) is 10.4. The van der Waals surface area contributed by atoms with Gasteiger partial charge in [-0.05, 0) is 51.2 Å². The lowest BCUT2D eigenvalue weighted by molar-refractivity contribution is -0.146. The Morgan fingerprint density at radius 2 is 1.74 bits per heavy atom. The summed E-state index contributed by atoms with van der Waals surface area (Å²) in [5, 5.41) is 0. The molecule has 2 N–H and O–H groups in total. The molecule has 1 aliphatic rings. The Labute approximate surface area is 183 Å². The van der Waals surface area contributed by atoms with Crippen LogP contribution in [0.5, 0.6) is 0 Å². The van der Waals surface area contributed by atoms with Gasteiger partial charge in [0.15, 0.2) is 0 Å². The van der Waals surface area contributed by atoms with Crippen LogP contribution in [0, 0.1) is 5.92 Å². The highest BCUT2D eigenvalue weighted by Gasteiger charge is 2.30. The molecule has 8 heteroatoms. The molecular weight excluding hydrogens is 400 g/mol. The Bertz CT molecular complexity index is 792. The molecule has 0 aliphatic carbocycles. The number of benzene rings is 1. The van der Waals surface area contributed by atoms with E-state index < -0.39 is 23.6 Å². The highest BCUT2D eigenvalue weighted by molar-refractivity contribution is 6.14. The Morgan fingerprint density at radius 1 is 1.13 bits per heavy atom. The van der Waals surface area contributed by atoms with E-state index in [-0.39, 0.29) is 24.2 Å². The normalized spacial score (nSPS) is 16.4. The summed E-state index contributed by atoms with van der Waals surface area (Å²) in [5.41, 5.74) is 6.31. The lowest BCUT2D eigenvalue weighted by Crippen LogP contribution is -2.45. The number of likely N-dealkylation sites (tertiary alicyclic amines) is 1. The quantitative estimate of drug-likeness (QED) is 0.242. The summed E-state index contributed by atoms with van der Waals surface area (Å²) in [6, 6.07) is 8.61. The summed E-state index contributed by atoms with van der Waals surface area (Å²) in [6.45, 7) is 6.49. The molecule has 1 aromatic rings. The van der Waals surface area contributed by atoms with Crippen LogP contribution >= 0.6 is 0 Å². The van der Waals surface area contributed by atoms with Gasteiger partial charge in [0.1, 0.15) is 17.8 Å². The van der Waals surface area contributed by atoms with Gasteiger partial charge in [0.05, 0.1) is 7.11 Å². The number of nitrogens with zero attached hydrogens (tertiary/aromatic N) is 1. The molecule has 0 aromatic heterocycles. The summed E-state index contributed by atoms with van der Waals surface area (Å²) in [4.78, 5) is 38.5. The zero-order valence-corrected chi connectivity index (χ0v) is 18.6. The molecule has 2 rings (SSSR count). The number of esters is 2. The van der Waals surface area contributed by atoms with Crippen LogP contribution in [0.1, 0.15) is 39.2 Å². The number of hydrogen-bond acceptors (Lipinski definition) is 7. The number of rotatable bonds is 6. The van der Waals surface area contributed by atoms with E-state index in [9.17, 15) is 14.4 Å². The summed E-state index contributed by atoms with van der Waals surface area (Å²) < 4.78 is 15.4. The zero-order chi connectivity index (χ0) is 23.0. The fourth-order valence-corrected chi connectivity index (χ4v) is 3.25. The first-order chi connectivity index (χ1) is 14.6. The van der Waals surface area contributed by atoms with Crippen molar-refractivity contribution < 1.29 is 28.6 Å². The molecule has 0 saturated carbocycles. The Hall–Kier alpha value is -2.87. The number of carbonyl (C=O) groups excluding carboxylic acids is 3. The van der Waals surface area contributed by atoms with Gasteiger partial charge >= 0.3 is 18.0 Å². The van der Waals surface area contributed by atoms with E-state index in [1.165, 1.54) is 13.2 Å². The summed E-state index contributed by atoms with van der Waals surface area (Å²) in [7, 11) is 1.20. The average Bonchev–Trinajstić information content (AvgIpc) is 2.74. The third kappa shape index (κ3) is 7.71. The van der Waals surface area contributed by atoms with Gasteiger partial charge < -0.3 is 24.8 Å². The highest BCUT2D eigenvalue weighted by atomic mass is 16.6. The molecule has 170 valence electrons. The molecular formula is C23H32N2O6. The van der Waals surface area contributed by atoms with E-state index >= 15 is 0 Å². The first-order valence-corrected chi connectivity index (χ1v) is 10.4. The molecule has 0 bridgehead atoms. The monoisotopic (exact) mass is 432 g/mol. The van der Waals surface area contributed by atoms with E-state index in [0.717, 1.165) is 5.56 Å². The molecule has 1 aromatic carbocycles. The fraction of sp³-hybridized carbons (Fsp3) is 0.522. The van der Waals surface area contributed by atoms with E-state index in [2.05, 4.69) is 0 Å². The van der Waals surface area contributed by atoms with Gasteiger partial charge in [0.2, 0.25) is 0 Å². The minimum atomic E-state index is -0.792. The third-order valence-corrected chi connectivity index (χ3v) is 4.93. The maximum absolute atomic E-state index is 12.5. The van der Waals surface area contributed by atoms with Gasteiger partial charge in [0.25, 0.3) is 0 Å². The second-order valence-electron chi connectivity index (χ2n) is 8.52. The maximum Gasteiger partial charge on any atom is 0.410 e. The first kappa shape index (κ1) is 24.4. The Balaban J connectivity index is 1.98. The van der Waals surface area contributed by atoms with E-state index in [1.807, 2.05) is 51.1 Å². The van der Waals surface area contributed by atoms with Gasteiger partial charge in [-0.15, -0.1) is 0 Å². The number of piperidine rings is 1. The van der Waals surface area contributed by atoms with Crippen LogP contribution in [-0.4, -0.2) is 54.8 Å². The van der Waals surface area contributed by atoms with Crippen LogP contribution < -0.4 is 5.73 Å². The van der Waals surface area contributed by atoms with Crippen molar-refractivity contribution >= 4 is 18.0 Å². The van der Waals surface area contributed by atoms with Crippen molar-refractivity contribution in [2.45, 2.75) is 51.9 Å². The van der Waals surface area contributed by atoms with E-state index in [4.69, 9.17) is 19.9 Å². The molecule has 0 spiro atoms. The predicted octanol–water partition coefficient (Wildman–Crippen LogP) is 2.80. The SMILES string of the molecule is COC(=O)C(=CC(N)C1CCN(C(=O)OC(C)(C)C)CC1)C(=O)OCc1ccccc1. The Kier molecular flexibility index (Phi) is 8.62. The second kappa shape index (κ2) is 10.9. The maximum atomic E-state index is 12.5. The summed E-state index contributed by atoms with van der Waals surface area (Å²) in [5.74, 6) is -1.57. The molecule has 1 saturated heterocycles. The van der Waals surface area contributed by atoms with Gasteiger partial charge in [-0.1, -0.05) is 30.3 Å². The molecule has 1 unspecified atom stereocenters. The molecule has 1 fully saturated rings. The van der Waals surface area contributed by atoms with Crippen molar-refractivity contribution in [1.82, 2.24) is 4.90 Å². The lowest BCUT2D eigenvalue weighted by atomic mass is 9.89. The van der Waals surface area contributed by atoms with Gasteiger partial charge in [-0.25, -0.2) is 14.4 Å². The molecule has 1 atom stereocenters. The largest absolute Gasteiger partial charge is 0.465 e. The smallest absolute Gasteiger partial charge is 0.410 e. The molecule has 0 radical (unpaired) electrons. The van der Waals surface area contributed by atoms with Crippen molar-refractivity contribution in [2.75, 3.05) is 20.2 Å². The van der Waals surface area contributed by atoms with Crippen LogP contribution in [0.25, 0.3) is 0 Å². The number of ether oxygens (including phenoxy) is 3. The molecule has 31 heavy (non-hydrogen) atoms. The summed E-state index contributed by atoms with van der Waals surface area (Å²) >= 11 is 0. The number of amides is 1. The van der Waals surface area contributed by atoms with E-state index in [0.29, 0.717) is 25.9 Å². The van der Waals surface area contributed by atoms with Gasteiger partial charge in [-0.2, -0.15) is 0 Å². The third-order valence-electron chi connectivity index (χ3n) is 4.93. The summed E-state index contributed by atoms with van der Waals surface area (Å²) in [6.07, 6.45) is 2.32. The molecule has 8 nitrogen and oxygen atoms in total. The van der Waals surface area contributed by atoms with Crippen LogP contribution in [0.15, 0.2) is 42.0 Å². The van der Waals surface area contributed by atoms with Crippen molar-refractivity contribution in [3.63, 3.8) is 0 Å².